The Morgan fingerprint density at radius 1 is 1.23 bits per heavy atom. The van der Waals surface area contributed by atoms with Gasteiger partial charge in [-0.1, -0.05) is 12.1 Å². The van der Waals surface area contributed by atoms with Gasteiger partial charge in [-0.25, -0.2) is 9.59 Å². The summed E-state index contributed by atoms with van der Waals surface area (Å²) in [5.41, 5.74) is 5.66. The van der Waals surface area contributed by atoms with Crippen molar-refractivity contribution in [1.29, 1.82) is 0 Å². The van der Waals surface area contributed by atoms with Crippen LogP contribution in [0.25, 0.3) is 6.08 Å². The van der Waals surface area contributed by atoms with Crippen LogP contribution in [-0.2, 0) is 38.2 Å². The van der Waals surface area contributed by atoms with Gasteiger partial charge in [-0.3, -0.25) is 19.3 Å². The third-order valence-electron chi connectivity index (χ3n) is 5.90. The fraction of sp³-hybridized carbons (Fsp3) is 0.400. The second kappa shape index (κ2) is 13.8. The van der Waals surface area contributed by atoms with Gasteiger partial charge in [0.1, 0.15) is 29.0 Å². The molecule has 0 radical (unpaired) electrons. The van der Waals surface area contributed by atoms with Crippen molar-refractivity contribution in [2.75, 3.05) is 19.5 Å². The number of phenolic OH excluding ortho intramolecular Hbond substituents is 1. The second-order valence-electron chi connectivity index (χ2n) is 8.71. The Hall–Kier alpha value is -4.08. The number of nitrogens with one attached hydrogen (secondary N) is 1. The van der Waals surface area contributed by atoms with Gasteiger partial charge in [-0.05, 0) is 36.6 Å². The molecule has 3 unspecified atom stereocenters. The summed E-state index contributed by atoms with van der Waals surface area (Å²) in [7, 11) is 1.27. The molecule has 40 heavy (non-hydrogen) atoms. The van der Waals surface area contributed by atoms with Gasteiger partial charge in [0.25, 0.3) is 5.91 Å². The molecule has 1 saturated heterocycles. The number of fused-ring (bicyclic) bond motifs is 1. The molecule has 1 aromatic rings. The fourth-order valence-electron chi connectivity index (χ4n) is 3.79. The lowest BCUT2D eigenvalue weighted by Gasteiger charge is -2.49. The van der Waals surface area contributed by atoms with Gasteiger partial charge >= 0.3 is 17.9 Å². The van der Waals surface area contributed by atoms with Crippen molar-refractivity contribution >= 4 is 47.6 Å². The first kappa shape index (κ1) is 30.5. The van der Waals surface area contributed by atoms with Crippen molar-refractivity contribution in [2.45, 2.75) is 43.0 Å². The van der Waals surface area contributed by atoms with Crippen LogP contribution < -0.4 is 11.1 Å². The molecule has 6 N–H and O–H groups in total. The highest BCUT2D eigenvalue weighted by atomic mass is 32.2. The van der Waals surface area contributed by atoms with Crippen LogP contribution in [-0.4, -0.2) is 93.2 Å². The fourth-order valence-corrected chi connectivity index (χ4v) is 5.07. The Morgan fingerprint density at radius 3 is 2.55 bits per heavy atom. The van der Waals surface area contributed by atoms with Crippen LogP contribution >= 0.6 is 11.8 Å². The molecule has 0 saturated carbocycles. The van der Waals surface area contributed by atoms with Crippen LogP contribution in [0.1, 0.15) is 24.8 Å². The van der Waals surface area contributed by atoms with Crippen molar-refractivity contribution in [2.24, 2.45) is 5.73 Å². The third kappa shape index (κ3) is 7.74. The van der Waals surface area contributed by atoms with Gasteiger partial charge in [0.05, 0.1) is 5.75 Å². The number of hydrogen-bond acceptors (Lipinski definition) is 11. The minimum atomic E-state index is -1.41. The summed E-state index contributed by atoms with van der Waals surface area (Å²) in [5, 5.41) is 29.8. The number of phenols is 1. The summed E-state index contributed by atoms with van der Waals surface area (Å²) in [4.78, 5) is 60.9. The lowest BCUT2D eigenvalue weighted by atomic mass is 10.0. The van der Waals surface area contributed by atoms with Crippen LogP contribution in [0, 0.1) is 0 Å². The number of aliphatic carboxylic acids is 2. The maximum Gasteiger partial charge on any atom is 0.356 e. The number of amides is 2. The number of rotatable bonds is 14. The molecule has 216 valence electrons. The normalized spacial score (nSPS) is 19.9. The lowest BCUT2D eigenvalue weighted by Crippen LogP contribution is -2.70. The zero-order valence-corrected chi connectivity index (χ0v) is 22.2. The van der Waals surface area contributed by atoms with Gasteiger partial charge in [0.2, 0.25) is 12.2 Å². The number of carboxylic acid groups (broad SMARTS) is 2. The highest BCUT2D eigenvalue weighted by Gasteiger charge is 2.54. The molecule has 1 aromatic carbocycles. The molecule has 0 bridgehead atoms. The largest absolute Gasteiger partial charge is 0.508 e. The summed E-state index contributed by atoms with van der Waals surface area (Å²) in [6.07, 6.45) is 1.68. The molecule has 0 spiro atoms. The first-order valence-corrected chi connectivity index (χ1v) is 13.1. The molecule has 3 rings (SSSR count). The molecule has 0 aliphatic carbocycles. The van der Waals surface area contributed by atoms with E-state index in [1.807, 2.05) is 0 Å². The zero-order valence-electron chi connectivity index (χ0n) is 21.3. The predicted molar refractivity (Wildman–Crippen MR) is 139 cm³/mol. The number of ether oxygens (including phenoxy) is 3. The minimum absolute atomic E-state index is 0.0349. The average Bonchev–Trinajstić information content (AvgIpc) is 2.92. The maximum atomic E-state index is 12.7. The number of aromatic hydroxyl groups is 1. The molecule has 2 amide bonds. The molecule has 14 nitrogen and oxygen atoms in total. The van der Waals surface area contributed by atoms with Gasteiger partial charge in [0.15, 0.2) is 12.3 Å². The molecular weight excluding hydrogens is 550 g/mol. The standard InChI is InChI=1S/C25H29N3O11S/c1-37-19(39-18(31)10-7-13-5-8-14(29)9-6-13)11-38-16-12-40-23-20(22(32)28(23)21(16)25(35)36)27-17(30)4-2-3-15(26)24(33)34/h5-10,15,19-20,23,29H,2-4,11-12,26H2,1H3,(H,27,30)(H,33,34)(H,35,36)/t15?,19?,20?,23-/m0/s1. The number of esters is 1. The van der Waals surface area contributed by atoms with Gasteiger partial charge in [-0.15, -0.1) is 11.8 Å². The maximum absolute atomic E-state index is 12.7. The number of nitrogens with zero attached hydrogens (tertiary/aromatic N) is 1. The molecule has 1 fully saturated rings. The first-order valence-electron chi connectivity index (χ1n) is 12.0. The van der Waals surface area contributed by atoms with E-state index in [9.17, 15) is 34.2 Å². The van der Waals surface area contributed by atoms with E-state index in [4.69, 9.17) is 25.1 Å². The first-order chi connectivity index (χ1) is 19.0. The second-order valence-corrected chi connectivity index (χ2v) is 9.81. The number of carboxylic acids is 2. The van der Waals surface area contributed by atoms with Gasteiger partial charge in [-0.2, -0.15) is 0 Å². The van der Waals surface area contributed by atoms with Crippen molar-refractivity contribution in [3.63, 3.8) is 0 Å². The Bertz CT molecular complexity index is 1200. The van der Waals surface area contributed by atoms with E-state index in [2.05, 4.69) is 5.32 Å². The van der Waals surface area contributed by atoms with Crippen molar-refractivity contribution in [3.8, 4) is 5.75 Å². The summed E-state index contributed by atoms with van der Waals surface area (Å²) >= 11 is 1.18. The van der Waals surface area contributed by atoms with E-state index in [1.54, 1.807) is 12.1 Å². The number of carbonyl (C=O) groups is 5. The summed E-state index contributed by atoms with van der Waals surface area (Å²) in [6.45, 7) is -0.354. The Kier molecular flexibility index (Phi) is 10.5. The minimum Gasteiger partial charge on any atom is -0.508 e. The number of benzene rings is 1. The number of carbonyl (C=O) groups excluding carboxylic acids is 3. The monoisotopic (exact) mass is 579 g/mol. The summed E-state index contributed by atoms with van der Waals surface area (Å²) in [6, 6.07) is 4.06. The van der Waals surface area contributed by atoms with Crippen LogP contribution in [0.5, 0.6) is 5.75 Å². The highest BCUT2D eigenvalue weighted by Crippen LogP contribution is 2.40. The molecule has 4 atom stereocenters. The topological polar surface area (TPSA) is 215 Å². The smallest absolute Gasteiger partial charge is 0.356 e. The van der Waals surface area contributed by atoms with Gasteiger partial charge < -0.3 is 40.6 Å². The van der Waals surface area contributed by atoms with Crippen molar-refractivity contribution in [3.05, 3.63) is 47.4 Å². The molecule has 0 aromatic heterocycles. The number of hydrogen-bond donors (Lipinski definition) is 5. The van der Waals surface area contributed by atoms with Crippen LogP contribution in [0.15, 0.2) is 41.8 Å². The molecule has 2 aliphatic rings. The molecule has 2 heterocycles. The SMILES string of the molecule is COC(COC1=C(C(=O)O)N2C(=O)C(NC(=O)CCCC(N)C(=O)O)[C@@H]2SC1)OC(=O)C=Cc1ccc(O)cc1. The Balaban J connectivity index is 1.55. The van der Waals surface area contributed by atoms with E-state index >= 15 is 0 Å². The summed E-state index contributed by atoms with van der Waals surface area (Å²) < 4.78 is 15.8. The predicted octanol–water partition coefficient (Wildman–Crippen LogP) is 0.216. The number of nitrogens with two attached hydrogens (primary N) is 1. The van der Waals surface area contributed by atoms with Crippen LogP contribution in [0.2, 0.25) is 0 Å². The van der Waals surface area contributed by atoms with E-state index in [-0.39, 0.29) is 48.8 Å². The van der Waals surface area contributed by atoms with E-state index < -0.39 is 53.5 Å². The van der Waals surface area contributed by atoms with Crippen LogP contribution in [0.3, 0.4) is 0 Å². The number of thioether (sulfide) groups is 1. The van der Waals surface area contributed by atoms with Crippen molar-refractivity contribution in [1.82, 2.24) is 10.2 Å². The Labute approximate surface area is 232 Å². The van der Waals surface area contributed by atoms with Crippen LogP contribution in [0.4, 0.5) is 0 Å². The molecular formula is C25H29N3O11S. The van der Waals surface area contributed by atoms with Gasteiger partial charge in [0, 0.05) is 19.6 Å². The Morgan fingerprint density at radius 2 is 1.93 bits per heavy atom. The number of methoxy groups -OCH3 is 1. The average molecular weight is 580 g/mol. The summed E-state index contributed by atoms with van der Waals surface area (Å²) in [5.74, 6) is -4.36. The third-order valence-corrected chi connectivity index (χ3v) is 7.15. The van der Waals surface area contributed by atoms with E-state index in [0.29, 0.717) is 5.56 Å². The van der Waals surface area contributed by atoms with Crippen molar-refractivity contribution < 1.29 is 53.5 Å². The quantitative estimate of drug-likeness (QED) is 0.0864. The highest BCUT2D eigenvalue weighted by molar-refractivity contribution is 8.00. The number of β-lactam (4-membered cyclic amide) rings is 1. The zero-order chi connectivity index (χ0) is 29.4. The van der Waals surface area contributed by atoms with E-state index in [0.717, 1.165) is 11.0 Å². The lowest BCUT2D eigenvalue weighted by molar-refractivity contribution is -0.176. The molecule has 2 aliphatic heterocycles. The van der Waals surface area contributed by atoms with E-state index in [1.165, 1.54) is 37.1 Å². The molecule has 15 heteroatoms.